The van der Waals surface area contributed by atoms with Crippen LogP contribution in [0.2, 0.25) is 0 Å². The van der Waals surface area contributed by atoms with Crippen molar-refractivity contribution < 1.29 is 4.74 Å². The topological polar surface area (TPSA) is 21.3 Å². The molecule has 1 N–H and O–H groups in total. The lowest BCUT2D eigenvalue weighted by molar-refractivity contribution is 0.340. The van der Waals surface area contributed by atoms with Crippen LogP contribution in [-0.4, -0.2) is 6.61 Å². The Kier molecular flexibility index (Phi) is 5.07. The molecular formula is C16H18INO. The molecule has 0 spiro atoms. The minimum absolute atomic E-state index is 0.272. The van der Waals surface area contributed by atoms with Gasteiger partial charge in [-0.25, -0.2) is 0 Å². The standard InChI is InChI=1S/C16H18INO/c1-3-19-16-6-4-5-15(11-16)18-12(2)13-7-9-14(17)10-8-13/h4-12,18H,3H2,1-2H3. The van der Waals surface area contributed by atoms with Gasteiger partial charge in [0.2, 0.25) is 0 Å². The van der Waals surface area contributed by atoms with E-state index in [2.05, 4.69) is 65.2 Å². The van der Waals surface area contributed by atoms with E-state index in [0.29, 0.717) is 6.61 Å². The molecule has 0 aliphatic carbocycles. The van der Waals surface area contributed by atoms with Gasteiger partial charge >= 0.3 is 0 Å². The van der Waals surface area contributed by atoms with Gasteiger partial charge in [0.25, 0.3) is 0 Å². The molecule has 0 amide bonds. The first-order valence-corrected chi connectivity index (χ1v) is 7.52. The molecule has 2 nitrogen and oxygen atoms in total. The zero-order valence-corrected chi connectivity index (χ0v) is 13.3. The number of hydrogen-bond donors (Lipinski definition) is 1. The fourth-order valence-electron chi connectivity index (χ4n) is 1.93. The molecule has 2 rings (SSSR count). The Bertz CT molecular complexity index is 525. The van der Waals surface area contributed by atoms with Gasteiger partial charge in [0.1, 0.15) is 5.75 Å². The lowest BCUT2D eigenvalue weighted by atomic mass is 10.1. The third-order valence-corrected chi connectivity index (χ3v) is 3.62. The molecule has 100 valence electrons. The highest BCUT2D eigenvalue weighted by molar-refractivity contribution is 14.1. The molecule has 2 aromatic carbocycles. The first-order chi connectivity index (χ1) is 9.19. The highest BCUT2D eigenvalue weighted by Crippen LogP contribution is 2.23. The maximum Gasteiger partial charge on any atom is 0.121 e. The minimum atomic E-state index is 0.272. The molecule has 0 saturated heterocycles. The van der Waals surface area contributed by atoms with Crippen LogP contribution >= 0.6 is 22.6 Å². The third kappa shape index (κ3) is 4.13. The van der Waals surface area contributed by atoms with Crippen LogP contribution in [-0.2, 0) is 0 Å². The first-order valence-electron chi connectivity index (χ1n) is 6.44. The zero-order chi connectivity index (χ0) is 13.7. The Balaban J connectivity index is 2.07. The van der Waals surface area contributed by atoms with Crippen molar-refractivity contribution in [3.8, 4) is 5.75 Å². The van der Waals surface area contributed by atoms with Crippen molar-refractivity contribution in [3.63, 3.8) is 0 Å². The highest BCUT2D eigenvalue weighted by atomic mass is 127. The van der Waals surface area contributed by atoms with Crippen molar-refractivity contribution in [1.82, 2.24) is 0 Å². The molecule has 0 aliphatic rings. The lowest BCUT2D eigenvalue weighted by Gasteiger charge is -2.16. The summed E-state index contributed by atoms with van der Waals surface area (Å²) < 4.78 is 6.76. The van der Waals surface area contributed by atoms with Crippen molar-refractivity contribution in [2.75, 3.05) is 11.9 Å². The fraction of sp³-hybridized carbons (Fsp3) is 0.250. The Morgan fingerprint density at radius 2 is 1.89 bits per heavy atom. The van der Waals surface area contributed by atoms with Crippen LogP contribution in [0.4, 0.5) is 5.69 Å². The van der Waals surface area contributed by atoms with Gasteiger partial charge in [-0.15, -0.1) is 0 Å². The molecule has 19 heavy (non-hydrogen) atoms. The summed E-state index contributed by atoms with van der Waals surface area (Å²) in [5, 5.41) is 3.49. The van der Waals surface area contributed by atoms with E-state index < -0.39 is 0 Å². The van der Waals surface area contributed by atoms with Crippen LogP contribution in [0.1, 0.15) is 25.5 Å². The number of anilines is 1. The van der Waals surface area contributed by atoms with Crippen molar-refractivity contribution >= 4 is 28.3 Å². The Labute approximate surface area is 128 Å². The zero-order valence-electron chi connectivity index (χ0n) is 11.2. The number of hydrogen-bond acceptors (Lipinski definition) is 2. The summed E-state index contributed by atoms with van der Waals surface area (Å²) in [5.74, 6) is 0.905. The van der Waals surface area contributed by atoms with Gasteiger partial charge in [-0.1, -0.05) is 18.2 Å². The van der Waals surface area contributed by atoms with Gasteiger partial charge in [-0.3, -0.25) is 0 Å². The van der Waals surface area contributed by atoms with Crippen LogP contribution in [0.3, 0.4) is 0 Å². The fourth-order valence-corrected chi connectivity index (χ4v) is 2.29. The van der Waals surface area contributed by atoms with E-state index in [1.54, 1.807) is 0 Å². The summed E-state index contributed by atoms with van der Waals surface area (Å²) in [5.41, 5.74) is 2.36. The molecule has 1 unspecified atom stereocenters. The molecule has 0 fully saturated rings. The molecule has 0 saturated carbocycles. The van der Waals surface area contributed by atoms with E-state index in [0.717, 1.165) is 11.4 Å². The second-order valence-corrected chi connectivity index (χ2v) is 5.62. The summed E-state index contributed by atoms with van der Waals surface area (Å²) in [7, 11) is 0. The van der Waals surface area contributed by atoms with Gasteiger partial charge in [0, 0.05) is 21.4 Å². The predicted molar refractivity (Wildman–Crippen MR) is 88.8 cm³/mol. The molecule has 0 aliphatic heterocycles. The molecule has 2 aromatic rings. The van der Waals surface area contributed by atoms with Crippen LogP contribution in [0.5, 0.6) is 5.75 Å². The van der Waals surface area contributed by atoms with Crippen molar-refractivity contribution in [2.24, 2.45) is 0 Å². The molecular weight excluding hydrogens is 349 g/mol. The third-order valence-electron chi connectivity index (χ3n) is 2.90. The Morgan fingerprint density at radius 3 is 2.58 bits per heavy atom. The number of nitrogens with one attached hydrogen (secondary N) is 1. The second-order valence-electron chi connectivity index (χ2n) is 4.38. The summed E-state index contributed by atoms with van der Waals surface area (Å²) in [6, 6.07) is 16.9. The van der Waals surface area contributed by atoms with Crippen LogP contribution in [0, 0.1) is 3.57 Å². The Hall–Kier alpha value is -1.23. The smallest absolute Gasteiger partial charge is 0.121 e. The van der Waals surface area contributed by atoms with Gasteiger partial charge in [-0.05, 0) is 66.3 Å². The quantitative estimate of drug-likeness (QED) is 0.762. The highest BCUT2D eigenvalue weighted by Gasteiger charge is 2.05. The van der Waals surface area contributed by atoms with Crippen LogP contribution in [0.25, 0.3) is 0 Å². The van der Waals surface area contributed by atoms with Crippen LogP contribution in [0.15, 0.2) is 48.5 Å². The molecule has 0 radical (unpaired) electrons. The van der Waals surface area contributed by atoms with Gasteiger partial charge in [-0.2, -0.15) is 0 Å². The van der Waals surface area contributed by atoms with Crippen molar-refractivity contribution in [1.29, 1.82) is 0 Å². The predicted octanol–water partition coefficient (Wildman–Crippen LogP) is 4.86. The van der Waals surface area contributed by atoms with Gasteiger partial charge < -0.3 is 10.1 Å². The van der Waals surface area contributed by atoms with Gasteiger partial charge in [0.15, 0.2) is 0 Å². The van der Waals surface area contributed by atoms with E-state index in [1.807, 2.05) is 25.1 Å². The number of ether oxygens (including phenoxy) is 1. The lowest BCUT2D eigenvalue weighted by Crippen LogP contribution is -2.06. The van der Waals surface area contributed by atoms with E-state index in [4.69, 9.17) is 4.74 Å². The van der Waals surface area contributed by atoms with E-state index in [1.165, 1.54) is 9.13 Å². The van der Waals surface area contributed by atoms with E-state index >= 15 is 0 Å². The van der Waals surface area contributed by atoms with Crippen LogP contribution < -0.4 is 10.1 Å². The molecule has 3 heteroatoms. The summed E-state index contributed by atoms with van der Waals surface area (Å²) in [6.07, 6.45) is 0. The van der Waals surface area contributed by atoms with Gasteiger partial charge in [0.05, 0.1) is 6.61 Å². The average molecular weight is 367 g/mol. The average Bonchev–Trinajstić information content (AvgIpc) is 2.40. The molecule has 0 bridgehead atoms. The maximum absolute atomic E-state index is 5.51. The van der Waals surface area contributed by atoms with E-state index in [-0.39, 0.29) is 6.04 Å². The first kappa shape index (κ1) is 14.2. The molecule has 1 atom stereocenters. The normalized spacial score (nSPS) is 11.9. The Morgan fingerprint density at radius 1 is 1.16 bits per heavy atom. The number of benzene rings is 2. The van der Waals surface area contributed by atoms with Crippen molar-refractivity contribution in [2.45, 2.75) is 19.9 Å². The summed E-state index contributed by atoms with van der Waals surface area (Å²) in [6.45, 7) is 4.85. The maximum atomic E-state index is 5.51. The SMILES string of the molecule is CCOc1cccc(NC(C)c2ccc(I)cc2)c1. The summed E-state index contributed by atoms with van der Waals surface area (Å²) in [4.78, 5) is 0. The summed E-state index contributed by atoms with van der Waals surface area (Å²) >= 11 is 2.32. The largest absolute Gasteiger partial charge is 0.494 e. The molecule has 0 aromatic heterocycles. The number of rotatable bonds is 5. The minimum Gasteiger partial charge on any atom is -0.494 e. The second kappa shape index (κ2) is 6.80. The monoisotopic (exact) mass is 367 g/mol. The molecule has 0 heterocycles. The van der Waals surface area contributed by atoms with Crippen molar-refractivity contribution in [3.05, 3.63) is 57.7 Å². The van der Waals surface area contributed by atoms with E-state index in [9.17, 15) is 0 Å². The number of halogens is 1.